The summed E-state index contributed by atoms with van der Waals surface area (Å²) < 4.78 is 0. The molecule has 0 aliphatic heterocycles. The Labute approximate surface area is 98.9 Å². The summed E-state index contributed by atoms with van der Waals surface area (Å²) >= 11 is 0. The van der Waals surface area contributed by atoms with Gasteiger partial charge in [0, 0.05) is 6.54 Å². The molecule has 0 fully saturated rings. The van der Waals surface area contributed by atoms with Gasteiger partial charge in [0.2, 0.25) is 0 Å². The molecule has 1 unspecified atom stereocenters. The molecular weight excluding hydrogens is 198 g/mol. The summed E-state index contributed by atoms with van der Waals surface area (Å²) in [5, 5.41) is 10.4. The first kappa shape index (κ1) is 13.2. The Morgan fingerprint density at radius 1 is 1.12 bits per heavy atom. The van der Waals surface area contributed by atoms with Crippen LogP contribution in [0.4, 0.5) is 0 Å². The second-order valence-electron chi connectivity index (χ2n) is 4.42. The Bertz CT molecular complexity index is 291. The Hall–Kier alpha value is -0.860. The van der Waals surface area contributed by atoms with Crippen LogP contribution in [-0.4, -0.2) is 29.6 Å². The maximum Gasteiger partial charge on any atom is 0.0880 e. The highest BCUT2D eigenvalue weighted by Gasteiger charge is 2.22. The van der Waals surface area contributed by atoms with Crippen molar-refractivity contribution < 1.29 is 5.11 Å². The van der Waals surface area contributed by atoms with Crippen molar-refractivity contribution >= 4 is 0 Å². The molecule has 0 aliphatic rings. The SMILES string of the molecule is CCN(CC)CCC(C)(O)c1ccccc1. The monoisotopic (exact) mass is 221 g/mol. The van der Waals surface area contributed by atoms with Crippen molar-refractivity contribution in [1.29, 1.82) is 0 Å². The van der Waals surface area contributed by atoms with Crippen LogP contribution in [0, 0.1) is 0 Å². The van der Waals surface area contributed by atoms with E-state index in [0.717, 1.165) is 31.6 Å². The molecule has 2 nitrogen and oxygen atoms in total. The highest BCUT2D eigenvalue weighted by atomic mass is 16.3. The predicted octanol–water partition coefficient (Wildman–Crippen LogP) is 2.63. The molecule has 1 rings (SSSR count). The van der Waals surface area contributed by atoms with Gasteiger partial charge in [-0.25, -0.2) is 0 Å². The topological polar surface area (TPSA) is 23.5 Å². The Balaban J connectivity index is 2.58. The van der Waals surface area contributed by atoms with Gasteiger partial charge in [-0.05, 0) is 32.0 Å². The molecule has 2 heteroatoms. The minimum absolute atomic E-state index is 0.718. The number of aliphatic hydroxyl groups is 1. The number of hydrogen-bond acceptors (Lipinski definition) is 2. The van der Waals surface area contributed by atoms with Gasteiger partial charge in [-0.1, -0.05) is 44.2 Å². The minimum atomic E-state index is -0.718. The smallest absolute Gasteiger partial charge is 0.0880 e. The van der Waals surface area contributed by atoms with E-state index in [1.165, 1.54) is 0 Å². The van der Waals surface area contributed by atoms with E-state index in [-0.39, 0.29) is 0 Å². The van der Waals surface area contributed by atoms with Crippen LogP contribution in [0.25, 0.3) is 0 Å². The molecule has 0 saturated carbocycles. The zero-order valence-electron chi connectivity index (χ0n) is 10.6. The first-order valence-electron chi connectivity index (χ1n) is 6.10. The second-order valence-corrected chi connectivity index (χ2v) is 4.42. The Kier molecular flexibility index (Phi) is 4.97. The van der Waals surface area contributed by atoms with Gasteiger partial charge in [-0.15, -0.1) is 0 Å². The quantitative estimate of drug-likeness (QED) is 0.798. The van der Waals surface area contributed by atoms with Crippen LogP contribution in [0.2, 0.25) is 0 Å². The summed E-state index contributed by atoms with van der Waals surface area (Å²) in [5.74, 6) is 0. The van der Waals surface area contributed by atoms with Gasteiger partial charge >= 0.3 is 0 Å². The summed E-state index contributed by atoms with van der Waals surface area (Å²) in [6.07, 6.45) is 0.776. The largest absolute Gasteiger partial charge is 0.385 e. The third kappa shape index (κ3) is 3.62. The van der Waals surface area contributed by atoms with Crippen molar-refractivity contribution in [2.24, 2.45) is 0 Å². The van der Waals surface area contributed by atoms with Crippen molar-refractivity contribution in [1.82, 2.24) is 4.90 Å². The van der Waals surface area contributed by atoms with E-state index in [1.807, 2.05) is 37.3 Å². The van der Waals surface area contributed by atoms with E-state index in [9.17, 15) is 5.11 Å². The number of benzene rings is 1. The summed E-state index contributed by atoms with van der Waals surface area (Å²) in [7, 11) is 0. The molecule has 0 bridgehead atoms. The minimum Gasteiger partial charge on any atom is -0.385 e. The fourth-order valence-electron chi connectivity index (χ4n) is 1.86. The molecule has 1 aromatic rings. The maximum absolute atomic E-state index is 10.4. The fraction of sp³-hybridized carbons (Fsp3) is 0.571. The zero-order chi connectivity index (χ0) is 12.0. The molecule has 16 heavy (non-hydrogen) atoms. The molecule has 0 aromatic heterocycles. The van der Waals surface area contributed by atoms with Crippen LogP contribution in [-0.2, 0) is 5.60 Å². The first-order valence-corrected chi connectivity index (χ1v) is 6.10. The van der Waals surface area contributed by atoms with Crippen molar-refractivity contribution in [2.45, 2.75) is 32.8 Å². The van der Waals surface area contributed by atoms with Gasteiger partial charge < -0.3 is 10.0 Å². The zero-order valence-corrected chi connectivity index (χ0v) is 10.6. The van der Waals surface area contributed by atoms with Gasteiger partial charge in [-0.3, -0.25) is 0 Å². The van der Waals surface area contributed by atoms with Gasteiger partial charge in [-0.2, -0.15) is 0 Å². The number of rotatable bonds is 6. The first-order chi connectivity index (χ1) is 7.60. The lowest BCUT2D eigenvalue weighted by molar-refractivity contribution is 0.0369. The summed E-state index contributed by atoms with van der Waals surface area (Å²) in [4.78, 5) is 2.33. The molecule has 0 radical (unpaired) electrons. The lowest BCUT2D eigenvalue weighted by Gasteiger charge is -2.27. The average molecular weight is 221 g/mol. The molecule has 1 atom stereocenters. The van der Waals surface area contributed by atoms with Gasteiger partial charge in [0.15, 0.2) is 0 Å². The molecule has 1 N–H and O–H groups in total. The van der Waals surface area contributed by atoms with E-state index in [2.05, 4.69) is 18.7 Å². The predicted molar refractivity (Wildman–Crippen MR) is 68.4 cm³/mol. The molecule has 0 aliphatic carbocycles. The lowest BCUT2D eigenvalue weighted by Crippen LogP contribution is -2.31. The number of nitrogens with zero attached hydrogens (tertiary/aromatic N) is 1. The van der Waals surface area contributed by atoms with Crippen LogP contribution in [0.5, 0.6) is 0 Å². The molecule has 0 amide bonds. The van der Waals surface area contributed by atoms with Crippen LogP contribution >= 0.6 is 0 Å². The van der Waals surface area contributed by atoms with E-state index >= 15 is 0 Å². The maximum atomic E-state index is 10.4. The van der Waals surface area contributed by atoms with Crippen molar-refractivity contribution in [3.05, 3.63) is 35.9 Å². The van der Waals surface area contributed by atoms with Crippen molar-refractivity contribution in [3.8, 4) is 0 Å². The molecule has 0 heterocycles. The highest BCUT2D eigenvalue weighted by Crippen LogP contribution is 2.24. The van der Waals surface area contributed by atoms with Gasteiger partial charge in [0.25, 0.3) is 0 Å². The number of hydrogen-bond donors (Lipinski definition) is 1. The van der Waals surface area contributed by atoms with E-state index in [4.69, 9.17) is 0 Å². The second kappa shape index (κ2) is 6.02. The molecule has 0 spiro atoms. The summed E-state index contributed by atoms with van der Waals surface area (Å²) in [6, 6.07) is 9.90. The average Bonchev–Trinajstić information content (AvgIpc) is 2.31. The fourth-order valence-corrected chi connectivity index (χ4v) is 1.86. The van der Waals surface area contributed by atoms with E-state index in [0.29, 0.717) is 0 Å². The third-order valence-corrected chi connectivity index (χ3v) is 3.20. The third-order valence-electron chi connectivity index (χ3n) is 3.20. The van der Waals surface area contributed by atoms with Crippen LogP contribution in [0.3, 0.4) is 0 Å². The van der Waals surface area contributed by atoms with Crippen LogP contribution in [0.1, 0.15) is 32.8 Å². The van der Waals surface area contributed by atoms with E-state index < -0.39 is 5.60 Å². The summed E-state index contributed by atoms with van der Waals surface area (Å²) in [5.41, 5.74) is 0.284. The van der Waals surface area contributed by atoms with Crippen LogP contribution in [0.15, 0.2) is 30.3 Å². The van der Waals surface area contributed by atoms with Crippen molar-refractivity contribution in [3.63, 3.8) is 0 Å². The molecule has 1 aromatic carbocycles. The molecule has 90 valence electrons. The lowest BCUT2D eigenvalue weighted by atomic mass is 9.92. The normalized spacial score (nSPS) is 15.1. The summed E-state index contributed by atoms with van der Waals surface area (Å²) in [6.45, 7) is 9.23. The standard InChI is InChI=1S/C14H23NO/c1-4-15(5-2)12-11-14(3,16)13-9-7-6-8-10-13/h6-10,16H,4-5,11-12H2,1-3H3. The van der Waals surface area contributed by atoms with E-state index in [1.54, 1.807) is 0 Å². The van der Waals surface area contributed by atoms with Crippen LogP contribution < -0.4 is 0 Å². The Morgan fingerprint density at radius 3 is 2.19 bits per heavy atom. The van der Waals surface area contributed by atoms with Gasteiger partial charge in [0.05, 0.1) is 5.60 Å². The molecular formula is C14H23NO. The molecule has 0 saturated heterocycles. The Morgan fingerprint density at radius 2 is 1.69 bits per heavy atom. The van der Waals surface area contributed by atoms with Gasteiger partial charge in [0.1, 0.15) is 0 Å². The van der Waals surface area contributed by atoms with Crippen molar-refractivity contribution in [2.75, 3.05) is 19.6 Å². The highest BCUT2D eigenvalue weighted by molar-refractivity contribution is 5.21.